The lowest BCUT2D eigenvalue weighted by Gasteiger charge is -2.27. The van der Waals surface area contributed by atoms with Gasteiger partial charge < -0.3 is 15.7 Å². The smallest absolute Gasteiger partial charge is 0.323 e. The topological polar surface area (TPSA) is 83.6 Å². The predicted octanol–water partition coefficient (Wildman–Crippen LogP) is 1.65. The second-order valence-corrected chi connectivity index (χ2v) is 4.88. The molecule has 0 heterocycles. The van der Waals surface area contributed by atoms with Gasteiger partial charge in [0.05, 0.1) is 5.92 Å². The molecular formula is C15H22N2O3. The number of benzene rings is 1. The minimum atomic E-state index is -1.01. The van der Waals surface area contributed by atoms with Gasteiger partial charge in [-0.05, 0) is 12.0 Å². The quantitative estimate of drug-likeness (QED) is 0.794. The summed E-state index contributed by atoms with van der Waals surface area (Å²) in [6.07, 6.45) is 0.715. The van der Waals surface area contributed by atoms with Crippen molar-refractivity contribution < 1.29 is 14.7 Å². The van der Waals surface area contributed by atoms with Gasteiger partial charge >= 0.3 is 5.97 Å². The number of amides is 1. The lowest BCUT2D eigenvalue weighted by molar-refractivity contribution is -0.146. The molecule has 1 amide bonds. The molecule has 2 unspecified atom stereocenters. The number of carboxylic acids is 1. The molecule has 0 aliphatic carbocycles. The van der Waals surface area contributed by atoms with Crippen molar-refractivity contribution in [3.63, 3.8) is 0 Å². The summed E-state index contributed by atoms with van der Waals surface area (Å²) in [4.78, 5) is 24.5. The highest BCUT2D eigenvalue weighted by atomic mass is 16.4. The number of carboxylic acid groups (broad SMARTS) is 1. The molecule has 2 atom stereocenters. The molecule has 3 N–H and O–H groups in total. The summed E-state index contributed by atoms with van der Waals surface area (Å²) in [6.45, 7) is 3.80. The molecule has 5 heteroatoms. The summed E-state index contributed by atoms with van der Waals surface area (Å²) in [5.41, 5.74) is 6.98. The van der Waals surface area contributed by atoms with E-state index in [1.807, 2.05) is 37.3 Å². The second kappa shape index (κ2) is 7.65. The van der Waals surface area contributed by atoms with E-state index >= 15 is 0 Å². The third-order valence-corrected chi connectivity index (χ3v) is 3.24. The standard InChI is InChI=1S/C15H22N2O3/c1-3-9-17(10-13(18)19)15(20)11(2)14(16)12-7-5-4-6-8-12/h4-8,11,14H,3,9-10,16H2,1-2H3,(H,18,19). The molecule has 0 aliphatic rings. The second-order valence-electron chi connectivity index (χ2n) is 4.88. The summed E-state index contributed by atoms with van der Waals surface area (Å²) < 4.78 is 0. The Labute approximate surface area is 119 Å². The Hall–Kier alpha value is -1.88. The van der Waals surface area contributed by atoms with Crippen LogP contribution in [0.2, 0.25) is 0 Å². The van der Waals surface area contributed by atoms with Gasteiger partial charge in [0.1, 0.15) is 6.54 Å². The van der Waals surface area contributed by atoms with Crippen molar-refractivity contribution in [2.75, 3.05) is 13.1 Å². The molecule has 1 aromatic carbocycles. The molecule has 0 fully saturated rings. The van der Waals surface area contributed by atoms with Crippen molar-refractivity contribution in [3.05, 3.63) is 35.9 Å². The molecule has 0 radical (unpaired) electrons. The monoisotopic (exact) mass is 278 g/mol. The highest BCUT2D eigenvalue weighted by molar-refractivity contribution is 5.83. The van der Waals surface area contributed by atoms with Crippen LogP contribution in [0.15, 0.2) is 30.3 Å². The van der Waals surface area contributed by atoms with E-state index in [2.05, 4.69) is 0 Å². The van der Waals surface area contributed by atoms with Gasteiger partial charge in [-0.3, -0.25) is 9.59 Å². The number of hydrogen-bond donors (Lipinski definition) is 2. The van der Waals surface area contributed by atoms with Crippen molar-refractivity contribution >= 4 is 11.9 Å². The lowest BCUT2D eigenvalue weighted by Crippen LogP contribution is -2.42. The SMILES string of the molecule is CCCN(CC(=O)O)C(=O)C(C)C(N)c1ccccc1. The summed E-state index contributed by atoms with van der Waals surface area (Å²) in [7, 11) is 0. The fourth-order valence-electron chi connectivity index (χ4n) is 2.11. The molecule has 0 saturated heterocycles. The van der Waals surface area contributed by atoms with Gasteiger partial charge in [-0.2, -0.15) is 0 Å². The molecule has 0 saturated carbocycles. The van der Waals surface area contributed by atoms with Crippen molar-refractivity contribution in [2.45, 2.75) is 26.3 Å². The van der Waals surface area contributed by atoms with E-state index in [1.54, 1.807) is 6.92 Å². The van der Waals surface area contributed by atoms with Crippen LogP contribution in [0.3, 0.4) is 0 Å². The van der Waals surface area contributed by atoms with Crippen LogP contribution >= 0.6 is 0 Å². The zero-order valence-corrected chi connectivity index (χ0v) is 12.0. The van der Waals surface area contributed by atoms with E-state index in [0.29, 0.717) is 13.0 Å². The van der Waals surface area contributed by atoms with Crippen molar-refractivity contribution in [1.82, 2.24) is 4.90 Å². The number of carbonyl (C=O) groups is 2. The average molecular weight is 278 g/mol. The third kappa shape index (κ3) is 4.35. The first-order valence-corrected chi connectivity index (χ1v) is 6.78. The van der Waals surface area contributed by atoms with E-state index in [1.165, 1.54) is 4.90 Å². The maximum atomic E-state index is 12.4. The molecule has 0 aromatic heterocycles. The van der Waals surface area contributed by atoms with Crippen LogP contribution in [-0.2, 0) is 9.59 Å². The van der Waals surface area contributed by atoms with Gasteiger partial charge in [0.15, 0.2) is 0 Å². The summed E-state index contributed by atoms with van der Waals surface area (Å²) >= 11 is 0. The van der Waals surface area contributed by atoms with Crippen LogP contribution in [0.1, 0.15) is 31.9 Å². The molecule has 5 nitrogen and oxygen atoms in total. The Bertz CT molecular complexity index is 448. The Balaban J connectivity index is 2.80. The van der Waals surface area contributed by atoms with E-state index in [9.17, 15) is 9.59 Å². The zero-order chi connectivity index (χ0) is 15.1. The maximum absolute atomic E-state index is 12.4. The molecule has 0 aliphatic heterocycles. The lowest BCUT2D eigenvalue weighted by atomic mass is 9.94. The van der Waals surface area contributed by atoms with Crippen LogP contribution < -0.4 is 5.73 Å². The Morgan fingerprint density at radius 3 is 2.40 bits per heavy atom. The maximum Gasteiger partial charge on any atom is 0.323 e. The summed E-state index contributed by atoms with van der Waals surface area (Å²) in [5.74, 6) is -1.68. The van der Waals surface area contributed by atoms with Crippen LogP contribution in [0, 0.1) is 5.92 Å². The van der Waals surface area contributed by atoms with Gasteiger partial charge in [-0.25, -0.2) is 0 Å². The minimum absolute atomic E-state index is 0.217. The fourth-order valence-corrected chi connectivity index (χ4v) is 2.11. The van der Waals surface area contributed by atoms with E-state index in [4.69, 9.17) is 10.8 Å². The number of carbonyl (C=O) groups excluding carboxylic acids is 1. The van der Waals surface area contributed by atoms with Crippen LogP contribution in [0.4, 0.5) is 0 Å². The third-order valence-electron chi connectivity index (χ3n) is 3.24. The van der Waals surface area contributed by atoms with Gasteiger partial charge in [0.25, 0.3) is 0 Å². The first kappa shape index (κ1) is 16.2. The van der Waals surface area contributed by atoms with Crippen LogP contribution in [0.5, 0.6) is 0 Å². The van der Waals surface area contributed by atoms with Gasteiger partial charge in [-0.15, -0.1) is 0 Å². The molecular weight excluding hydrogens is 256 g/mol. The molecule has 0 bridgehead atoms. The Morgan fingerprint density at radius 1 is 1.30 bits per heavy atom. The van der Waals surface area contributed by atoms with Crippen molar-refractivity contribution in [3.8, 4) is 0 Å². The van der Waals surface area contributed by atoms with Gasteiger partial charge in [-0.1, -0.05) is 44.2 Å². The molecule has 0 spiro atoms. The highest BCUT2D eigenvalue weighted by Gasteiger charge is 2.27. The normalized spacial score (nSPS) is 13.6. The Kier molecular flexibility index (Phi) is 6.18. The number of nitrogens with two attached hydrogens (primary N) is 1. The van der Waals surface area contributed by atoms with Crippen LogP contribution in [0.25, 0.3) is 0 Å². The van der Waals surface area contributed by atoms with Gasteiger partial charge in [0.2, 0.25) is 5.91 Å². The first-order chi connectivity index (χ1) is 9.47. The fraction of sp³-hybridized carbons (Fsp3) is 0.467. The zero-order valence-electron chi connectivity index (χ0n) is 12.0. The average Bonchev–Trinajstić information content (AvgIpc) is 2.45. The number of aliphatic carboxylic acids is 1. The van der Waals surface area contributed by atoms with E-state index in [-0.39, 0.29) is 12.5 Å². The number of rotatable bonds is 7. The summed E-state index contributed by atoms with van der Waals surface area (Å²) in [5, 5.41) is 8.87. The number of nitrogens with zero attached hydrogens (tertiary/aromatic N) is 1. The van der Waals surface area contributed by atoms with E-state index in [0.717, 1.165) is 5.56 Å². The highest BCUT2D eigenvalue weighted by Crippen LogP contribution is 2.21. The molecule has 1 aromatic rings. The molecule has 110 valence electrons. The van der Waals surface area contributed by atoms with E-state index < -0.39 is 17.9 Å². The largest absolute Gasteiger partial charge is 0.480 e. The van der Waals surface area contributed by atoms with Crippen molar-refractivity contribution in [1.29, 1.82) is 0 Å². The van der Waals surface area contributed by atoms with Crippen LogP contribution in [-0.4, -0.2) is 35.0 Å². The van der Waals surface area contributed by atoms with Crippen molar-refractivity contribution in [2.24, 2.45) is 11.7 Å². The predicted molar refractivity (Wildman–Crippen MR) is 77.0 cm³/mol. The summed E-state index contributed by atoms with van der Waals surface area (Å²) in [6, 6.07) is 8.93. The molecule has 1 rings (SSSR count). The molecule has 20 heavy (non-hydrogen) atoms. The minimum Gasteiger partial charge on any atom is -0.480 e. The number of hydrogen-bond acceptors (Lipinski definition) is 3. The Morgan fingerprint density at radius 2 is 1.90 bits per heavy atom. The first-order valence-electron chi connectivity index (χ1n) is 6.78. The van der Waals surface area contributed by atoms with Gasteiger partial charge in [0, 0.05) is 12.6 Å².